The van der Waals surface area contributed by atoms with E-state index in [1.165, 1.54) is 25.1 Å². The number of unbranched alkanes of at least 4 members (excludes halogenated alkanes) is 2. The monoisotopic (exact) mass is 964 g/mol. The van der Waals surface area contributed by atoms with Crippen molar-refractivity contribution in [2.45, 2.75) is 148 Å². The number of benzene rings is 1. The van der Waals surface area contributed by atoms with Crippen LogP contribution in [0.4, 0.5) is 0 Å². The van der Waals surface area contributed by atoms with Gasteiger partial charge in [0.05, 0.1) is 67.5 Å². The summed E-state index contributed by atoms with van der Waals surface area (Å²) in [5.74, 6) is -5.54. The van der Waals surface area contributed by atoms with Gasteiger partial charge in [0.2, 0.25) is 0 Å². The Morgan fingerprint density at radius 2 is 0.783 bits per heavy atom. The Labute approximate surface area is 403 Å². The summed E-state index contributed by atoms with van der Waals surface area (Å²) in [7, 11) is 0. The van der Waals surface area contributed by atoms with Crippen LogP contribution < -0.4 is 9.47 Å². The number of carbonyl (C=O) groups is 9. The van der Waals surface area contributed by atoms with Crippen molar-refractivity contribution < 1.29 is 81.0 Å². The lowest BCUT2D eigenvalue weighted by Gasteiger charge is -2.30. The summed E-state index contributed by atoms with van der Waals surface area (Å²) < 4.78 is 43.6. The molecule has 17 nitrogen and oxygen atoms in total. The molecule has 1 aromatic carbocycles. The summed E-state index contributed by atoms with van der Waals surface area (Å²) in [4.78, 5) is 113. The fourth-order valence-electron chi connectivity index (χ4n) is 9.26. The fourth-order valence-corrected chi connectivity index (χ4v) is 9.26. The number of ketones is 1. The lowest BCUT2D eigenvalue weighted by atomic mass is 9.82. The first kappa shape index (κ1) is 54.1. The van der Waals surface area contributed by atoms with Crippen LogP contribution in [-0.4, -0.2) is 92.2 Å². The molecule has 0 aliphatic heterocycles. The Hall–Kier alpha value is -5.87. The van der Waals surface area contributed by atoms with Crippen LogP contribution >= 0.6 is 0 Å². The van der Waals surface area contributed by atoms with Crippen molar-refractivity contribution in [3.63, 3.8) is 0 Å². The van der Waals surface area contributed by atoms with E-state index in [-0.39, 0.29) is 103 Å². The van der Waals surface area contributed by atoms with Crippen LogP contribution in [0.3, 0.4) is 0 Å². The van der Waals surface area contributed by atoms with Crippen molar-refractivity contribution in [3.05, 3.63) is 49.1 Å². The van der Waals surface area contributed by atoms with Crippen molar-refractivity contribution >= 4 is 53.5 Å². The van der Waals surface area contributed by atoms with E-state index in [0.29, 0.717) is 128 Å². The third-order valence-corrected chi connectivity index (χ3v) is 13.5. The van der Waals surface area contributed by atoms with E-state index in [4.69, 9.17) is 37.9 Å². The standard InChI is InChI=1S/C52H68O17/c1-4-45(54)62-28-6-8-30-64-47(56)34-18-22-40(23-19-34)66-49(58)36-10-12-38(13-11-36)51(60)68-42-26-27-44(43(32-42)33(3)53)69-52(61)39-16-14-37(15-17-39)50(59)67-41-24-20-35(21-25-41)48(57)65-31-9-7-29-63-46(55)5-2/h4-5,26-27,32,34-41H,1-2,6-25,28-31H2,3H3. The normalized spacial score (nSPS) is 24.5. The molecule has 0 heterocycles. The maximum absolute atomic E-state index is 13.3. The number of carbonyl (C=O) groups excluding carboxylic acids is 9. The van der Waals surface area contributed by atoms with Gasteiger partial charge < -0.3 is 37.9 Å². The first-order chi connectivity index (χ1) is 33.2. The Morgan fingerprint density at radius 3 is 1.16 bits per heavy atom. The van der Waals surface area contributed by atoms with Crippen LogP contribution in [0.5, 0.6) is 11.5 Å². The van der Waals surface area contributed by atoms with Crippen molar-refractivity contribution in [2.75, 3.05) is 26.4 Å². The van der Waals surface area contributed by atoms with Crippen LogP contribution in [0.1, 0.15) is 146 Å². The molecule has 5 rings (SSSR count). The molecule has 4 fully saturated rings. The molecule has 0 spiro atoms. The van der Waals surface area contributed by atoms with Gasteiger partial charge in [-0.05, 0) is 154 Å². The quantitative estimate of drug-likeness (QED) is 0.0256. The van der Waals surface area contributed by atoms with Crippen LogP contribution in [0, 0.1) is 35.5 Å². The average molecular weight is 965 g/mol. The van der Waals surface area contributed by atoms with Gasteiger partial charge in [0.15, 0.2) is 5.78 Å². The van der Waals surface area contributed by atoms with Crippen LogP contribution in [0.15, 0.2) is 43.5 Å². The van der Waals surface area contributed by atoms with Crippen molar-refractivity contribution in [1.29, 1.82) is 0 Å². The third kappa shape index (κ3) is 17.6. The summed E-state index contributed by atoms with van der Waals surface area (Å²) in [5.41, 5.74) is 0.0794. The summed E-state index contributed by atoms with van der Waals surface area (Å²) in [6.45, 7) is 8.94. The summed E-state index contributed by atoms with van der Waals surface area (Å²) in [6, 6.07) is 4.28. The largest absolute Gasteiger partial charge is 0.465 e. The molecule has 0 bridgehead atoms. The topological polar surface area (TPSA) is 227 Å². The van der Waals surface area contributed by atoms with Crippen LogP contribution in [-0.2, 0) is 66.8 Å². The smallest absolute Gasteiger partial charge is 0.330 e. The minimum atomic E-state index is -0.520. The van der Waals surface area contributed by atoms with Gasteiger partial charge in [-0.25, -0.2) is 9.59 Å². The summed E-state index contributed by atoms with van der Waals surface area (Å²) >= 11 is 0. The van der Waals surface area contributed by atoms with Gasteiger partial charge in [-0.3, -0.25) is 33.6 Å². The van der Waals surface area contributed by atoms with Crippen LogP contribution in [0.2, 0.25) is 0 Å². The second-order valence-electron chi connectivity index (χ2n) is 18.5. The van der Waals surface area contributed by atoms with Gasteiger partial charge in [0, 0.05) is 12.2 Å². The Bertz CT molecular complexity index is 1970. The summed E-state index contributed by atoms with van der Waals surface area (Å²) in [6.07, 6.45) is 11.8. The summed E-state index contributed by atoms with van der Waals surface area (Å²) in [5, 5.41) is 0. The van der Waals surface area contributed by atoms with E-state index >= 15 is 0 Å². The molecule has 0 amide bonds. The highest BCUT2D eigenvalue weighted by atomic mass is 16.6. The molecule has 4 aliphatic carbocycles. The van der Waals surface area contributed by atoms with E-state index in [1.54, 1.807) is 0 Å². The van der Waals surface area contributed by atoms with E-state index < -0.39 is 41.5 Å². The van der Waals surface area contributed by atoms with Gasteiger partial charge in [-0.15, -0.1) is 0 Å². The van der Waals surface area contributed by atoms with Crippen molar-refractivity contribution in [2.24, 2.45) is 35.5 Å². The first-order valence-electron chi connectivity index (χ1n) is 24.7. The highest BCUT2D eigenvalue weighted by Crippen LogP contribution is 2.36. The predicted octanol–water partition coefficient (Wildman–Crippen LogP) is 7.62. The maximum atomic E-state index is 13.3. The number of hydrogen-bond acceptors (Lipinski definition) is 17. The lowest BCUT2D eigenvalue weighted by Crippen LogP contribution is -2.33. The van der Waals surface area contributed by atoms with E-state index in [2.05, 4.69) is 13.2 Å². The third-order valence-electron chi connectivity index (χ3n) is 13.5. The number of hydrogen-bond donors (Lipinski definition) is 0. The fraction of sp³-hybridized carbons (Fsp3) is 0.635. The lowest BCUT2D eigenvalue weighted by molar-refractivity contribution is -0.161. The molecule has 0 saturated heterocycles. The first-order valence-corrected chi connectivity index (χ1v) is 24.7. The van der Waals surface area contributed by atoms with Gasteiger partial charge in [-0.1, -0.05) is 13.2 Å². The molecule has 0 radical (unpaired) electrons. The minimum Gasteiger partial charge on any atom is -0.465 e. The minimum absolute atomic E-state index is 0.0460. The number of esters is 8. The second-order valence-corrected chi connectivity index (χ2v) is 18.5. The van der Waals surface area contributed by atoms with E-state index in [1.807, 2.05) is 0 Å². The highest BCUT2D eigenvalue weighted by Gasteiger charge is 2.37. The zero-order chi connectivity index (χ0) is 49.7. The molecule has 0 N–H and O–H groups in total. The van der Waals surface area contributed by atoms with Crippen molar-refractivity contribution in [1.82, 2.24) is 0 Å². The molecule has 69 heavy (non-hydrogen) atoms. The van der Waals surface area contributed by atoms with Gasteiger partial charge in [0.25, 0.3) is 0 Å². The molecule has 378 valence electrons. The van der Waals surface area contributed by atoms with Crippen LogP contribution in [0.25, 0.3) is 0 Å². The van der Waals surface area contributed by atoms with Crippen molar-refractivity contribution in [3.8, 4) is 11.5 Å². The average Bonchev–Trinajstić information content (AvgIpc) is 3.36. The maximum Gasteiger partial charge on any atom is 0.330 e. The molecule has 0 aromatic heterocycles. The van der Waals surface area contributed by atoms with Gasteiger partial charge >= 0.3 is 47.8 Å². The number of Topliss-reactive ketones (excluding diaryl/α,β-unsaturated/α-hetero) is 1. The highest BCUT2D eigenvalue weighted by molar-refractivity contribution is 5.98. The Balaban J connectivity index is 0.953. The number of ether oxygens (including phenoxy) is 8. The zero-order valence-electron chi connectivity index (χ0n) is 39.8. The van der Waals surface area contributed by atoms with Gasteiger partial charge in [-0.2, -0.15) is 0 Å². The Morgan fingerprint density at radius 1 is 0.449 bits per heavy atom. The van der Waals surface area contributed by atoms with E-state index in [9.17, 15) is 43.2 Å². The molecule has 0 atom stereocenters. The molecule has 17 heteroatoms. The molecule has 4 saturated carbocycles. The van der Waals surface area contributed by atoms with Gasteiger partial charge in [0.1, 0.15) is 23.7 Å². The molecule has 4 aliphatic rings. The number of rotatable bonds is 23. The second kappa shape index (κ2) is 28.0. The zero-order valence-corrected chi connectivity index (χ0v) is 39.8. The SMILES string of the molecule is C=CC(=O)OCCCCOC(=O)C1CCC(OC(=O)C2CCC(C(=O)Oc3ccc(OC(=O)C4CCC(C(=O)OC5CCC(C(=O)OCCCCOC(=O)C=C)CC5)CC4)c(C(C)=O)c3)CC2)CC1. The van der Waals surface area contributed by atoms with E-state index in [0.717, 1.165) is 12.2 Å². The molecule has 1 aromatic rings. The molecular formula is C52H68O17. The predicted molar refractivity (Wildman–Crippen MR) is 245 cm³/mol. The molecular weight excluding hydrogens is 897 g/mol. The Kier molecular flexibility index (Phi) is 21.9. The molecule has 0 unspecified atom stereocenters.